The number of hydrogen-bond acceptors (Lipinski definition) is 4. The normalized spacial score (nSPS) is 12.7. The first kappa shape index (κ1) is 9.86. The standard InChI is InChI=1S/C11H12N2O2/c1-7-10(9-5-3-4-6-12-9)11(8(2)14)15-13-7/h3-6,8,14H,1-2H3. The van der Waals surface area contributed by atoms with Crippen LogP contribution in [0.2, 0.25) is 0 Å². The van der Waals surface area contributed by atoms with Gasteiger partial charge >= 0.3 is 0 Å². The van der Waals surface area contributed by atoms with Crippen LogP contribution < -0.4 is 0 Å². The van der Waals surface area contributed by atoms with Crippen molar-refractivity contribution >= 4 is 0 Å². The molecule has 2 aromatic rings. The molecule has 15 heavy (non-hydrogen) atoms. The fourth-order valence-electron chi connectivity index (χ4n) is 1.49. The summed E-state index contributed by atoms with van der Waals surface area (Å²) in [6.45, 7) is 3.48. The zero-order valence-corrected chi connectivity index (χ0v) is 8.64. The maximum Gasteiger partial charge on any atom is 0.174 e. The van der Waals surface area contributed by atoms with Crippen LogP contribution in [0.4, 0.5) is 0 Å². The quantitative estimate of drug-likeness (QED) is 0.813. The second-order valence-electron chi connectivity index (χ2n) is 3.40. The van der Waals surface area contributed by atoms with Gasteiger partial charge in [0.25, 0.3) is 0 Å². The minimum atomic E-state index is -0.678. The van der Waals surface area contributed by atoms with Gasteiger partial charge < -0.3 is 9.63 Å². The molecular formula is C11H12N2O2. The van der Waals surface area contributed by atoms with Crippen molar-refractivity contribution in [3.63, 3.8) is 0 Å². The summed E-state index contributed by atoms with van der Waals surface area (Å²) in [4.78, 5) is 4.21. The summed E-state index contributed by atoms with van der Waals surface area (Å²) in [7, 11) is 0. The fraction of sp³-hybridized carbons (Fsp3) is 0.273. The lowest BCUT2D eigenvalue weighted by molar-refractivity contribution is 0.158. The minimum absolute atomic E-state index is 0.464. The number of hydrogen-bond donors (Lipinski definition) is 1. The Morgan fingerprint density at radius 1 is 1.40 bits per heavy atom. The topological polar surface area (TPSA) is 59.2 Å². The number of aliphatic hydroxyl groups is 1. The van der Waals surface area contributed by atoms with E-state index in [0.717, 1.165) is 17.0 Å². The summed E-state index contributed by atoms with van der Waals surface area (Å²) in [5.74, 6) is 0.464. The number of aliphatic hydroxyl groups excluding tert-OH is 1. The molecule has 1 atom stereocenters. The molecule has 0 fully saturated rings. The van der Waals surface area contributed by atoms with E-state index in [4.69, 9.17) is 4.52 Å². The molecule has 0 saturated carbocycles. The summed E-state index contributed by atoms with van der Waals surface area (Å²) in [5, 5.41) is 13.4. The van der Waals surface area contributed by atoms with E-state index >= 15 is 0 Å². The van der Waals surface area contributed by atoms with Crippen LogP contribution in [0, 0.1) is 6.92 Å². The van der Waals surface area contributed by atoms with Crippen LogP contribution in [0.1, 0.15) is 24.5 Å². The Bertz CT molecular complexity index is 449. The highest BCUT2D eigenvalue weighted by atomic mass is 16.5. The first-order chi connectivity index (χ1) is 7.20. The lowest BCUT2D eigenvalue weighted by atomic mass is 10.1. The molecule has 4 nitrogen and oxygen atoms in total. The Labute approximate surface area is 87.6 Å². The summed E-state index contributed by atoms with van der Waals surface area (Å²) in [6.07, 6.45) is 1.02. The maximum atomic E-state index is 9.52. The van der Waals surface area contributed by atoms with Crippen molar-refractivity contribution in [3.05, 3.63) is 35.9 Å². The van der Waals surface area contributed by atoms with Crippen LogP contribution in [-0.2, 0) is 0 Å². The SMILES string of the molecule is Cc1noc(C(C)O)c1-c1ccccn1. The Morgan fingerprint density at radius 2 is 2.20 bits per heavy atom. The molecule has 0 aliphatic rings. The van der Waals surface area contributed by atoms with Crippen molar-refractivity contribution in [1.82, 2.24) is 10.1 Å². The van der Waals surface area contributed by atoms with Crippen molar-refractivity contribution in [1.29, 1.82) is 0 Å². The first-order valence-electron chi connectivity index (χ1n) is 4.76. The molecule has 2 rings (SSSR count). The maximum absolute atomic E-state index is 9.52. The van der Waals surface area contributed by atoms with Gasteiger partial charge in [-0.15, -0.1) is 0 Å². The molecular weight excluding hydrogens is 192 g/mol. The van der Waals surface area contributed by atoms with Crippen molar-refractivity contribution in [2.75, 3.05) is 0 Å². The van der Waals surface area contributed by atoms with E-state index in [1.54, 1.807) is 13.1 Å². The molecule has 0 aromatic carbocycles. The van der Waals surface area contributed by atoms with Crippen LogP contribution >= 0.6 is 0 Å². The van der Waals surface area contributed by atoms with Gasteiger partial charge in [-0.3, -0.25) is 4.98 Å². The Kier molecular flexibility index (Phi) is 2.51. The van der Waals surface area contributed by atoms with E-state index in [-0.39, 0.29) is 0 Å². The lowest BCUT2D eigenvalue weighted by Gasteiger charge is -2.03. The number of pyridine rings is 1. The van der Waals surface area contributed by atoms with Crippen molar-refractivity contribution in [2.24, 2.45) is 0 Å². The third-order valence-corrected chi connectivity index (χ3v) is 2.19. The van der Waals surface area contributed by atoms with E-state index in [0.29, 0.717) is 5.76 Å². The highest BCUT2D eigenvalue weighted by Crippen LogP contribution is 2.29. The van der Waals surface area contributed by atoms with Crippen molar-refractivity contribution < 1.29 is 9.63 Å². The summed E-state index contributed by atoms with van der Waals surface area (Å²) >= 11 is 0. The van der Waals surface area contributed by atoms with E-state index < -0.39 is 6.10 Å². The van der Waals surface area contributed by atoms with Crippen LogP contribution in [0.15, 0.2) is 28.9 Å². The zero-order valence-electron chi connectivity index (χ0n) is 8.64. The third-order valence-electron chi connectivity index (χ3n) is 2.19. The molecule has 1 unspecified atom stereocenters. The summed E-state index contributed by atoms with van der Waals surface area (Å²) < 4.78 is 5.07. The first-order valence-corrected chi connectivity index (χ1v) is 4.76. The van der Waals surface area contributed by atoms with E-state index in [1.807, 2.05) is 25.1 Å². The summed E-state index contributed by atoms with van der Waals surface area (Å²) in [5.41, 5.74) is 2.29. The van der Waals surface area contributed by atoms with Gasteiger partial charge in [0.2, 0.25) is 0 Å². The van der Waals surface area contributed by atoms with Gasteiger partial charge in [0, 0.05) is 6.20 Å². The highest BCUT2D eigenvalue weighted by molar-refractivity contribution is 5.64. The van der Waals surface area contributed by atoms with Gasteiger partial charge in [-0.05, 0) is 26.0 Å². The molecule has 0 aliphatic heterocycles. The zero-order chi connectivity index (χ0) is 10.8. The van der Waals surface area contributed by atoms with Gasteiger partial charge in [-0.2, -0.15) is 0 Å². The van der Waals surface area contributed by atoms with Crippen molar-refractivity contribution in [3.8, 4) is 11.3 Å². The fourth-order valence-corrected chi connectivity index (χ4v) is 1.49. The molecule has 2 heterocycles. The second-order valence-corrected chi connectivity index (χ2v) is 3.40. The van der Waals surface area contributed by atoms with Crippen LogP contribution in [0.5, 0.6) is 0 Å². The third kappa shape index (κ3) is 1.76. The van der Waals surface area contributed by atoms with E-state index in [2.05, 4.69) is 10.1 Å². The van der Waals surface area contributed by atoms with Crippen molar-refractivity contribution in [2.45, 2.75) is 20.0 Å². The lowest BCUT2D eigenvalue weighted by Crippen LogP contribution is -1.93. The van der Waals surface area contributed by atoms with E-state index in [9.17, 15) is 5.11 Å². The van der Waals surface area contributed by atoms with Crippen LogP contribution in [0.25, 0.3) is 11.3 Å². The molecule has 2 aromatic heterocycles. The second kappa shape index (κ2) is 3.82. The molecule has 78 valence electrons. The van der Waals surface area contributed by atoms with Gasteiger partial charge in [0.1, 0.15) is 6.10 Å². The Morgan fingerprint density at radius 3 is 2.80 bits per heavy atom. The summed E-state index contributed by atoms with van der Waals surface area (Å²) in [6, 6.07) is 5.60. The number of nitrogens with zero attached hydrogens (tertiary/aromatic N) is 2. The number of rotatable bonds is 2. The van der Waals surface area contributed by atoms with Gasteiger partial charge in [0.05, 0.1) is 17.0 Å². The molecule has 0 amide bonds. The monoisotopic (exact) mass is 204 g/mol. The Balaban J connectivity index is 2.57. The smallest absolute Gasteiger partial charge is 0.174 e. The average Bonchev–Trinajstić information content (AvgIpc) is 2.61. The van der Waals surface area contributed by atoms with Crippen LogP contribution in [-0.4, -0.2) is 15.2 Å². The molecule has 0 saturated heterocycles. The number of aromatic nitrogens is 2. The molecule has 0 bridgehead atoms. The predicted octanol–water partition coefficient (Wildman–Crippen LogP) is 2.10. The molecule has 1 N–H and O–H groups in total. The van der Waals surface area contributed by atoms with Gasteiger partial charge in [-0.1, -0.05) is 11.2 Å². The largest absolute Gasteiger partial charge is 0.385 e. The van der Waals surface area contributed by atoms with Gasteiger partial charge in [0.15, 0.2) is 5.76 Å². The number of aryl methyl sites for hydroxylation is 1. The Hall–Kier alpha value is -1.68. The molecule has 0 aliphatic carbocycles. The van der Waals surface area contributed by atoms with E-state index in [1.165, 1.54) is 0 Å². The van der Waals surface area contributed by atoms with Gasteiger partial charge in [-0.25, -0.2) is 0 Å². The average molecular weight is 204 g/mol. The molecule has 0 radical (unpaired) electrons. The highest BCUT2D eigenvalue weighted by Gasteiger charge is 2.19. The molecule has 0 spiro atoms. The molecule has 4 heteroatoms. The van der Waals surface area contributed by atoms with Crippen LogP contribution in [0.3, 0.4) is 0 Å². The minimum Gasteiger partial charge on any atom is -0.385 e. The predicted molar refractivity (Wildman–Crippen MR) is 55.1 cm³/mol.